The van der Waals surface area contributed by atoms with Gasteiger partial charge in [0.15, 0.2) is 0 Å². The average molecular weight is 268 g/mol. The predicted molar refractivity (Wildman–Crippen MR) is 80.3 cm³/mol. The smallest absolute Gasteiger partial charge is 0.122 e. The van der Waals surface area contributed by atoms with E-state index in [-0.39, 0.29) is 6.04 Å². The summed E-state index contributed by atoms with van der Waals surface area (Å²) in [4.78, 5) is 4.63. The van der Waals surface area contributed by atoms with E-state index in [0.29, 0.717) is 0 Å². The SMILES string of the molecule is CNC(c1ccc2c(c1)CCO2)c1ncc(C)cc1C. The van der Waals surface area contributed by atoms with Gasteiger partial charge in [0.2, 0.25) is 0 Å². The van der Waals surface area contributed by atoms with Crippen molar-refractivity contribution in [3.8, 4) is 5.75 Å². The minimum absolute atomic E-state index is 0.126. The molecule has 0 saturated carbocycles. The van der Waals surface area contributed by atoms with Crippen molar-refractivity contribution in [2.24, 2.45) is 0 Å². The molecule has 1 aromatic heterocycles. The first-order valence-electron chi connectivity index (χ1n) is 7.05. The molecule has 0 spiro atoms. The zero-order chi connectivity index (χ0) is 14.1. The van der Waals surface area contributed by atoms with Gasteiger partial charge < -0.3 is 10.1 Å². The standard InChI is InChI=1S/C17H20N2O/c1-11-8-12(2)16(19-10-11)17(18-3)14-4-5-15-13(9-14)6-7-20-15/h4-5,8-10,17-18H,6-7H2,1-3H3. The maximum absolute atomic E-state index is 5.58. The number of aryl methyl sites for hydroxylation is 2. The number of nitrogens with zero attached hydrogens (tertiary/aromatic N) is 1. The third kappa shape index (κ3) is 2.29. The Morgan fingerprint density at radius 1 is 1.25 bits per heavy atom. The molecule has 20 heavy (non-hydrogen) atoms. The molecule has 1 N–H and O–H groups in total. The average Bonchev–Trinajstić information content (AvgIpc) is 2.89. The van der Waals surface area contributed by atoms with Crippen LogP contribution < -0.4 is 10.1 Å². The molecule has 0 fully saturated rings. The van der Waals surface area contributed by atoms with E-state index in [1.807, 2.05) is 13.2 Å². The number of hydrogen-bond acceptors (Lipinski definition) is 3. The summed E-state index contributed by atoms with van der Waals surface area (Å²) in [5, 5.41) is 3.38. The fourth-order valence-electron chi connectivity index (χ4n) is 2.88. The summed E-state index contributed by atoms with van der Waals surface area (Å²) in [5.41, 5.74) is 6.06. The van der Waals surface area contributed by atoms with E-state index < -0.39 is 0 Å². The van der Waals surface area contributed by atoms with Gasteiger partial charge in [-0.2, -0.15) is 0 Å². The topological polar surface area (TPSA) is 34.1 Å². The van der Waals surface area contributed by atoms with Crippen molar-refractivity contribution in [1.29, 1.82) is 0 Å². The van der Waals surface area contributed by atoms with Gasteiger partial charge in [0.25, 0.3) is 0 Å². The number of rotatable bonds is 3. The zero-order valence-corrected chi connectivity index (χ0v) is 12.2. The summed E-state index contributed by atoms with van der Waals surface area (Å²) >= 11 is 0. The van der Waals surface area contributed by atoms with Crippen LogP contribution in [0.1, 0.15) is 34.0 Å². The monoisotopic (exact) mass is 268 g/mol. The van der Waals surface area contributed by atoms with E-state index in [1.165, 1.54) is 22.3 Å². The summed E-state index contributed by atoms with van der Waals surface area (Å²) in [5.74, 6) is 1.03. The lowest BCUT2D eigenvalue weighted by atomic mass is 9.97. The highest BCUT2D eigenvalue weighted by Crippen LogP contribution is 2.30. The Bertz CT molecular complexity index is 637. The van der Waals surface area contributed by atoms with Crippen molar-refractivity contribution in [2.75, 3.05) is 13.7 Å². The molecule has 0 aliphatic carbocycles. The van der Waals surface area contributed by atoms with Crippen molar-refractivity contribution in [2.45, 2.75) is 26.3 Å². The number of fused-ring (bicyclic) bond motifs is 1. The molecule has 3 nitrogen and oxygen atoms in total. The molecular weight excluding hydrogens is 248 g/mol. The fourth-order valence-corrected chi connectivity index (χ4v) is 2.88. The largest absolute Gasteiger partial charge is 0.493 e. The van der Waals surface area contributed by atoms with E-state index in [2.05, 4.69) is 48.4 Å². The summed E-state index contributed by atoms with van der Waals surface area (Å²) in [7, 11) is 1.98. The van der Waals surface area contributed by atoms with Crippen molar-refractivity contribution >= 4 is 0 Å². The molecule has 1 aliphatic rings. The van der Waals surface area contributed by atoms with Crippen molar-refractivity contribution < 1.29 is 4.74 Å². The lowest BCUT2D eigenvalue weighted by molar-refractivity contribution is 0.357. The molecule has 1 atom stereocenters. The van der Waals surface area contributed by atoms with Gasteiger partial charge in [0.05, 0.1) is 18.3 Å². The van der Waals surface area contributed by atoms with Crippen molar-refractivity contribution in [3.05, 3.63) is 58.4 Å². The van der Waals surface area contributed by atoms with Crippen LogP contribution in [0.5, 0.6) is 5.75 Å². The van der Waals surface area contributed by atoms with Crippen LogP contribution in [0, 0.1) is 13.8 Å². The molecule has 0 bridgehead atoms. The van der Waals surface area contributed by atoms with Crippen LogP contribution in [0.15, 0.2) is 30.5 Å². The quantitative estimate of drug-likeness (QED) is 0.929. The maximum atomic E-state index is 5.58. The van der Waals surface area contributed by atoms with E-state index in [9.17, 15) is 0 Å². The van der Waals surface area contributed by atoms with E-state index in [1.54, 1.807) is 0 Å². The van der Waals surface area contributed by atoms with Crippen LogP contribution in [-0.4, -0.2) is 18.6 Å². The van der Waals surface area contributed by atoms with Crippen LogP contribution in [-0.2, 0) is 6.42 Å². The number of ether oxygens (including phenoxy) is 1. The highest BCUT2D eigenvalue weighted by molar-refractivity contribution is 5.43. The molecule has 0 amide bonds. The lowest BCUT2D eigenvalue weighted by Crippen LogP contribution is -2.20. The van der Waals surface area contributed by atoms with Gasteiger partial charge in [-0.25, -0.2) is 0 Å². The second-order valence-electron chi connectivity index (χ2n) is 5.40. The molecule has 0 radical (unpaired) electrons. The molecule has 1 aliphatic heterocycles. The first-order chi connectivity index (χ1) is 9.69. The van der Waals surface area contributed by atoms with Gasteiger partial charge in [-0.05, 0) is 49.2 Å². The zero-order valence-electron chi connectivity index (χ0n) is 12.2. The molecule has 2 aromatic rings. The third-order valence-corrected chi connectivity index (χ3v) is 3.86. The van der Waals surface area contributed by atoms with Gasteiger partial charge in [-0.3, -0.25) is 4.98 Å². The summed E-state index contributed by atoms with van der Waals surface area (Å²) < 4.78 is 5.58. The maximum Gasteiger partial charge on any atom is 0.122 e. The number of aromatic nitrogens is 1. The molecule has 1 aromatic carbocycles. The molecular formula is C17H20N2O. The van der Waals surface area contributed by atoms with Gasteiger partial charge in [-0.15, -0.1) is 0 Å². The van der Waals surface area contributed by atoms with Gasteiger partial charge in [0, 0.05) is 12.6 Å². The Labute approximate surface area is 120 Å². The fraction of sp³-hybridized carbons (Fsp3) is 0.353. The Morgan fingerprint density at radius 3 is 2.85 bits per heavy atom. The molecule has 3 heteroatoms. The first-order valence-corrected chi connectivity index (χ1v) is 7.05. The lowest BCUT2D eigenvalue weighted by Gasteiger charge is -2.19. The number of benzene rings is 1. The predicted octanol–water partition coefficient (Wildman–Crippen LogP) is 2.94. The summed E-state index contributed by atoms with van der Waals surface area (Å²) in [6.07, 6.45) is 2.93. The van der Waals surface area contributed by atoms with Crippen molar-refractivity contribution in [3.63, 3.8) is 0 Å². The Kier molecular flexibility index (Phi) is 3.45. The minimum atomic E-state index is 0.126. The number of nitrogens with one attached hydrogen (secondary N) is 1. The Hall–Kier alpha value is -1.87. The molecule has 1 unspecified atom stereocenters. The molecule has 2 heterocycles. The van der Waals surface area contributed by atoms with E-state index in [0.717, 1.165) is 24.5 Å². The second-order valence-corrected chi connectivity index (χ2v) is 5.40. The second kappa shape index (κ2) is 5.25. The van der Waals surface area contributed by atoms with Crippen LogP contribution in [0.3, 0.4) is 0 Å². The summed E-state index contributed by atoms with van der Waals surface area (Å²) in [6.45, 7) is 4.99. The molecule has 0 saturated heterocycles. The first kappa shape index (κ1) is 13.1. The normalized spacial score (nSPS) is 14.8. The Balaban J connectivity index is 2.01. The van der Waals surface area contributed by atoms with Crippen LogP contribution in [0.2, 0.25) is 0 Å². The Morgan fingerprint density at radius 2 is 2.10 bits per heavy atom. The van der Waals surface area contributed by atoms with Crippen LogP contribution in [0.25, 0.3) is 0 Å². The van der Waals surface area contributed by atoms with Gasteiger partial charge in [0.1, 0.15) is 5.75 Å². The minimum Gasteiger partial charge on any atom is -0.493 e. The summed E-state index contributed by atoms with van der Waals surface area (Å²) in [6, 6.07) is 8.76. The van der Waals surface area contributed by atoms with Gasteiger partial charge in [-0.1, -0.05) is 18.2 Å². The van der Waals surface area contributed by atoms with Crippen molar-refractivity contribution in [1.82, 2.24) is 10.3 Å². The molecule has 3 rings (SSSR count). The highest BCUT2D eigenvalue weighted by atomic mass is 16.5. The molecule has 104 valence electrons. The number of hydrogen-bond donors (Lipinski definition) is 1. The number of pyridine rings is 1. The third-order valence-electron chi connectivity index (χ3n) is 3.86. The van der Waals surface area contributed by atoms with E-state index in [4.69, 9.17) is 4.74 Å². The van der Waals surface area contributed by atoms with Gasteiger partial charge >= 0.3 is 0 Å². The highest BCUT2D eigenvalue weighted by Gasteiger charge is 2.19. The van der Waals surface area contributed by atoms with E-state index >= 15 is 0 Å². The van der Waals surface area contributed by atoms with Crippen LogP contribution in [0.4, 0.5) is 0 Å². The van der Waals surface area contributed by atoms with Crippen LogP contribution >= 0.6 is 0 Å².